The summed E-state index contributed by atoms with van der Waals surface area (Å²) in [6.07, 6.45) is 5.38. The number of amides is 2. The highest BCUT2D eigenvalue weighted by atomic mass is 16.5. The van der Waals surface area contributed by atoms with Gasteiger partial charge in [-0.15, -0.1) is 0 Å². The van der Waals surface area contributed by atoms with Crippen LogP contribution in [-0.2, 0) is 20.7 Å². The van der Waals surface area contributed by atoms with Crippen molar-refractivity contribution in [2.75, 3.05) is 13.2 Å². The van der Waals surface area contributed by atoms with Crippen molar-refractivity contribution in [2.24, 2.45) is 0 Å². The van der Waals surface area contributed by atoms with Gasteiger partial charge in [-0.1, -0.05) is 24.3 Å². The second-order valence-corrected chi connectivity index (χ2v) is 6.25. The van der Waals surface area contributed by atoms with Crippen molar-refractivity contribution in [3.63, 3.8) is 0 Å². The molecule has 1 fully saturated rings. The lowest BCUT2D eigenvalue weighted by Crippen LogP contribution is -2.42. The van der Waals surface area contributed by atoms with E-state index >= 15 is 0 Å². The Morgan fingerprint density at radius 2 is 2.13 bits per heavy atom. The molecule has 23 heavy (non-hydrogen) atoms. The summed E-state index contributed by atoms with van der Waals surface area (Å²) in [5.41, 5.74) is 2.71. The summed E-state index contributed by atoms with van der Waals surface area (Å²) in [4.78, 5) is 23.0. The molecule has 0 bridgehead atoms. The van der Waals surface area contributed by atoms with Crippen molar-refractivity contribution in [2.45, 2.75) is 50.7 Å². The zero-order chi connectivity index (χ0) is 16.1. The highest BCUT2D eigenvalue weighted by Gasteiger charge is 2.26. The number of carbonyl (C=O) groups excluding carboxylic acids is 2. The molecular weight excluding hydrogens is 292 g/mol. The molecule has 0 saturated carbocycles. The maximum Gasteiger partial charge on any atom is 0.242 e. The van der Waals surface area contributed by atoms with E-state index in [0.29, 0.717) is 26.0 Å². The molecule has 1 aromatic rings. The van der Waals surface area contributed by atoms with Crippen LogP contribution in [-0.4, -0.2) is 31.0 Å². The third-order valence-electron chi connectivity index (χ3n) is 4.57. The fraction of sp³-hybridized carbons (Fsp3) is 0.556. The van der Waals surface area contributed by atoms with E-state index in [0.717, 1.165) is 19.3 Å². The summed E-state index contributed by atoms with van der Waals surface area (Å²) in [6.45, 7) is 1.22. The SMILES string of the molecule is O=C1CC[C@H](C(=O)NCCCO[C@H]2CCCc3ccccc32)N1. The van der Waals surface area contributed by atoms with E-state index in [9.17, 15) is 9.59 Å². The second-order valence-electron chi connectivity index (χ2n) is 6.25. The summed E-state index contributed by atoms with van der Waals surface area (Å²) in [6, 6.07) is 8.13. The fourth-order valence-corrected chi connectivity index (χ4v) is 3.33. The summed E-state index contributed by atoms with van der Waals surface area (Å²) in [5.74, 6) is -0.122. The molecule has 1 aromatic carbocycles. The van der Waals surface area contributed by atoms with Crippen LogP contribution in [0.3, 0.4) is 0 Å². The molecule has 2 amide bonds. The Hall–Kier alpha value is -1.88. The number of carbonyl (C=O) groups is 2. The predicted octanol–water partition coefficient (Wildman–Crippen LogP) is 1.87. The summed E-state index contributed by atoms with van der Waals surface area (Å²) in [5, 5.41) is 5.54. The number of ether oxygens (including phenoxy) is 1. The van der Waals surface area contributed by atoms with Crippen LogP contribution in [0.5, 0.6) is 0 Å². The zero-order valence-electron chi connectivity index (χ0n) is 13.3. The van der Waals surface area contributed by atoms with Gasteiger partial charge in [-0.3, -0.25) is 9.59 Å². The minimum atomic E-state index is -0.353. The molecule has 1 heterocycles. The predicted molar refractivity (Wildman–Crippen MR) is 86.9 cm³/mol. The fourth-order valence-electron chi connectivity index (χ4n) is 3.33. The molecule has 2 atom stereocenters. The van der Waals surface area contributed by atoms with E-state index in [4.69, 9.17) is 4.74 Å². The standard InChI is InChI=1S/C18H24N2O3/c21-17-10-9-15(20-17)18(22)19-11-4-12-23-16-8-3-6-13-5-1-2-7-14(13)16/h1-2,5,7,15-16H,3-4,6,8-12H2,(H,19,22)(H,20,21)/t15-,16+/m1/s1. The molecule has 2 aliphatic rings. The number of hydrogen-bond donors (Lipinski definition) is 2. The first-order valence-corrected chi connectivity index (χ1v) is 8.50. The molecule has 2 N–H and O–H groups in total. The normalized spacial score (nSPS) is 23.2. The van der Waals surface area contributed by atoms with Crippen molar-refractivity contribution in [1.29, 1.82) is 0 Å². The molecule has 0 radical (unpaired) electrons. The van der Waals surface area contributed by atoms with Crippen LogP contribution >= 0.6 is 0 Å². The smallest absolute Gasteiger partial charge is 0.242 e. The first-order valence-electron chi connectivity index (χ1n) is 8.50. The van der Waals surface area contributed by atoms with E-state index in [-0.39, 0.29) is 24.0 Å². The quantitative estimate of drug-likeness (QED) is 0.787. The van der Waals surface area contributed by atoms with Gasteiger partial charge in [0.2, 0.25) is 11.8 Å². The first-order chi connectivity index (χ1) is 11.2. The van der Waals surface area contributed by atoms with Gasteiger partial charge in [-0.05, 0) is 43.2 Å². The Kier molecular flexibility index (Phi) is 5.28. The molecule has 0 aromatic heterocycles. The van der Waals surface area contributed by atoms with Gasteiger partial charge in [-0.25, -0.2) is 0 Å². The van der Waals surface area contributed by atoms with Crippen molar-refractivity contribution in [3.8, 4) is 0 Å². The third kappa shape index (κ3) is 4.10. The highest BCUT2D eigenvalue weighted by Crippen LogP contribution is 2.32. The Morgan fingerprint density at radius 1 is 1.26 bits per heavy atom. The molecular formula is C18H24N2O3. The van der Waals surface area contributed by atoms with Crippen molar-refractivity contribution >= 4 is 11.8 Å². The first kappa shape index (κ1) is 16.0. The number of hydrogen-bond acceptors (Lipinski definition) is 3. The number of benzene rings is 1. The molecule has 5 nitrogen and oxygen atoms in total. The lowest BCUT2D eigenvalue weighted by atomic mass is 9.89. The number of rotatable bonds is 6. The van der Waals surface area contributed by atoms with Gasteiger partial charge in [-0.2, -0.15) is 0 Å². The van der Waals surface area contributed by atoms with Gasteiger partial charge in [0.15, 0.2) is 0 Å². The Bertz CT molecular complexity index is 573. The van der Waals surface area contributed by atoms with Gasteiger partial charge in [0, 0.05) is 19.6 Å². The van der Waals surface area contributed by atoms with E-state index in [1.807, 2.05) is 0 Å². The third-order valence-corrected chi connectivity index (χ3v) is 4.57. The topological polar surface area (TPSA) is 67.4 Å². The molecule has 0 spiro atoms. The average molecular weight is 316 g/mol. The molecule has 124 valence electrons. The maximum atomic E-state index is 11.9. The Balaban J connectivity index is 1.36. The van der Waals surface area contributed by atoms with Gasteiger partial charge < -0.3 is 15.4 Å². The van der Waals surface area contributed by atoms with Crippen LogP contribution in [0.4, 0.5) is 0 Å². The second kappa shape index (κ2) is 7.59. The summed E-state index contributed by atoms with van der Waals surface area (Å²) in [7, 11) is 0. The van der Waals surface area contributed by atoms with Gasteiger partial charge in [0.05, 0.1) is 6.10 Å². The molecule has 1 aliphatic heterocycles. The van der Waals surface area contributed by atoms with Crippen molar-refractivity contribution in [3.05, 3.63) is 35.4 Å². The van der Waals surface area contributed by atoms with Gasteiger partial charge >= 0.3 is 0 Å². The zero-order valence-corrected chi connectivity index (χ0v) is 13.3. The van der Waals surface area contributed by atoms with E-state index in [2.05, 4.69) is 34.9 Å². The number of fused-ring (bicyclic) bond motifs is 1. The van der Waals surface area contributed by atoms with Crippen LogP contribution in [0.1, 0.15) is 49.3 Å². The van der Waals surface area contributed by atoms with Gasteiger partial charge in [0.25, 0.3) is 0 Å². The molecule has 0 unspecified atom stereocenters. The lowest BCUT2D eigenvalue weighted by Gasteiger charge is -2.25. The van der Waals surface area contributed by atoms with Gasteiger partial charge in [0.1, 0.15) is 6.04 Å². The van der Waals surface area contributed by atoms with Crippen LogP contribution in [0, 0.1) is 0 Å². The largest absolute Gasteiger partial charge is 0.373 e. The van der Waals surface area contributed by atoms with Crippen LogP contribution in [0.2, 0.25) is 0 Å². The minimum absolute atomic E-state index is 0.0375. The highest BCUT2D eigenvalue weighted by molar-refractivity contribution is 5.90. The van der Waals surface area contributed by atoms with Crippen LogP contribution in [0.25, 0.3) is 0 Å². The minimum Gasteiger partial charge on any atom is -0.373 e. The Labute approximate surface area is 136 Å². The van der Waals surface area contributed by atoms with E-state index < -0.39 is 0 Å². The number of aryl methyl sites for hydroxylation is 1. The maximum absolute atomic E-state index is 11.9. The lowest BCUT2D eigenvalue weighted by molar-refractivity contribution is -0.125. The monoisotopic (exact) mass is 316 g/mol. The summed E-state index contributed by atoms with van der Waals surface area (Å²) >= 11 is 0. The molecule has 5 heteroatoms. The number of nitrogens with one attached hydrogen (secondary N) is 2. The van der Waals surface area contributed by atoms with Crippen molar-refractivity contribution in [1.82, 2.24) is 10.6 Å². The molecule has 3 rings (SSSR count). The molecule has 1 aliphatic carbocycles. The van der Waals surface area contributed by atoms with Crippen molar-refractivity contribution < 1.29 is 14.3 Å². The summed E-state index contributed by atoms with van der Waals surface area (Å²) < 4.78 is 6.01. The molecule has 1 saturated heterocycles. The van der Waals surface area contributed by atoms with Crippen LogP contribution < -0.4 is 10.6 Å². The van der Waals surface area contributed by atoms with E-state index in [1.54, 1.807) is 0 Å². The van der Waals surface area contributed by atoms with E-state index in [1.165, 1.54) is 17.5 Å². The Morgan fingerprint density at radius 3 is 2.96 bits per heavy atom. The van der Waals surface area contributed by atoms with Crippen LogP contribution in [0.15, 0.2) is 24.3 Å². The average Bonchev–Trinajstić information content (AvgIpc) is 3.01.